The summed E-state index contributed by atoms with van der Waals surface area (Å²) in [6.45, 7) is 2.65. The highest BCUT2D eigenvalue weighted by Crippen LogP contribution is 2.37. The largest absolute Gasteiger partial charge is 0.416 e. The van der Waals surface area contributed by atoms with Crippen molar-refractivity contribution in [2.75, 3.05) is 0 Å². The standard InChI is InChI=1S/C22H17ClF6N4O2/c1-11-7-31(10-30-11)17-6-16(23)18-20(35)32(12(2)8-33(18)19(17)34)9-13-3-14(21(24,25)26)5-15(4-13)22(27,28)29/h3-7,10,12H,8-9H2,1-2H3/t12-/m1/s1. The quantitative estimate of drug-likeness (QED) is 0.455. The van der Waals surface area contributed by atoms with Crippen LogP contribution < -0.4 is 5.56 Å². The first kappa shape index (κ1) is 24.8. The Morgan fingerprint density at radius 1 is 1.03 bits per heavy atom. The van der Waals surface area contributed by atoms with Crippen LogP contribution in [-0.4, -0.2) is 31.0 Å². The number of halogens is 7. The van der Waals surface area contributed by atoms with Crippen molar-refractivity contribution in [3.05, 3.63) is 80.2 Å². The number of fused-ring (bicyclic) bond motifs is 1. The molecule has 0 saturated carbocycles. The van der Waals surface area contributed by atoms with E-state index in [-0.39, 0.29) is 34.6 Å². The van der Waals surface area contributed by atoms with Gasteiger partial charge in [0.2, 0.25) is 0 Å². The molecule has 13 heteroatoms. The number of nitrogens with zero attached hydrogens (tertiary/aromatic N) is 4. The van der Waals surface area contributed by atoms with E-state index in [0.717, 1.165) is 9.47 Å². The maximum atomic E-state index is 13.2. The average molecular weight is 519 g/mol. The molecule has 0 spiro atoms. The summed E-state index contributed by atoms with van der Waals surface area (Å²) in [6.07, 6.45) is -7.04. The third-order valence-corrected chi connectivity index (χ3v) is 5.94. The van der Waals surface area contributed by atoms with Crippen molar-refractivity contribution in [1.82, 2.24) is 19.0 Å². The summed E-state index contributed by atoms with van der Waals surface area (Å²) in [7, 11) is 0. The van der Waals surface area contributed by atoms with Crippen LogP contribution in [-0.2, 0) is 25.4 Å². The van der Waals surface area contributed by atoms with Gasteiger partial charge in [0.1, 0.15) is 11.4 Å². The predicted octanol–water partition coefficient (Wildman–Crippen LogP) is 5.08. The van der Waals surface area contributed by atoms with Gasteiger partial charge in [0.15, 0.2) is 0 Å². The first-order valence-electron chi connectivity index (χ1n) is 10.2. The number of imidazole rings is 1. The van der Waals surface area contributed by atoms with E-state index in [4.69, 9.17) is 11.6 Å². The highest BCUT2D eigenvalue weighted by molar-refractivity contribution is 6.33. The number of carbonyl (C=O) groups excluding carboxylic acids is 1. The van der Waals surface area contributed by atoms with E-state index in [2.05, 4.69) is 4.98 Å². The highest BCUT2D eigenvalue weighted by Gasteiger charge is 2.38. The van der Waals surface area contributed by atoms with E-state index < -0.39 is 47.5 Å². The fourth-order valence-corrected chi connectivity index (χ4v) is 4.27. The maximum Gasteiger partial charge on any atom is 0.416 e. The van der Waals surface area contributed by atoms with Gasteiger partial charge in [-0.2, -0.15) is 26.3 Å². The molecule has 1 atom stereocenters. The van der Waals surface area contributed by atoms with Gasteiger partial charge in [0.05, 0.1) is 28.2 Å². The number of rotatable bonds is 3. The van der Waals surface area contributed by atoms with Gasteiger partial charge in [-0.1, -0.05) is 11.6 Å². The van der Waals surface area contributed by atoms with Crippen molar-refractivity contribution in [2.24, 2.45) is 0 Å². The van der Waals surface area contributed by atoms with Crippen LogP contribution in [0.3, 0.4) is 0 Å². The third-order valence-electron chi connectivity index (χ3n) is 5.66. The second-order valence-electron chi connectivity index (χ2n) is 8.26. The number of benzene rings is 1. The summed E-state index contributed by atoms with van der Waals surface area (Å²) in [4.78, 5) is 31.5. The van der Waals surface area contributed by atoms with Gasteiger partial charge in [0.25, 0.3) is 11.5 Å². The summed E-state index contributed by atoms with van der Waals surface area (Å²) < 4.78 is 82.0. The molecule has 186 valence electrons. The number of hydrogen-bond donors (Lipinski definition) is 0. The lowest BCUT2D eigenvalue weighted by Crippen LogP contribution is -2.49. The van der Waals surface area contributed by atoms with Crippen LogP contribution in [0, 0.1) is 6.92 Å². The van der Waals surface area contributed by atoms with Crippen LogP contribution in [0.4, 0.5) is 26.3 Å². The summed E-state index contributed by atoms with van der Waals surface area (Å²) in [5.74, 6) is -0.787. The van der Waals surface area contributed by atoms with E-state index in [0.29, 0.717) is 17.8 Å². The molecule has 4 rings (SSSR count). The predicted molar refractivity (Wildman–Crippen MR) is 113 cm³/mol. The Kier molecular flexibility index (Phi) is 5.98. The topological polar surface area (TPSA) is 60.1 Å². The van der Waals surface area contributed by atoms with E-state index >= 15 is 0 Å². The molecule has 0 N–H and O–H groups in total. The minimum Gasteiger partial charge on any atom is -0.328 e. The molecule has 0 fully saturated rings. The van der Waals surface area contributed by atoms with Crippen molar-refractivity contribution in [3.8, 4) is 5.69 Å². The number of aryl methyl sites for hydroxylation is 1. The van der Waals surface area contributed by atoms with Gasteiger partial charge >= 0.3 is 12.4 Å². The van der Waals surface area contributed by atoms with Crippen LogP contribution in [0.25, 0.3) is 5.69 Å². The summed E-state index contributed by atoms with van der Waals surface area (Å²) in [5, 5.41) is -0.0899. The Labute approximate surface area is 199 Å². The third kappa shape index (κ3) is 4.66. The Balaban J connectivity index is 1.75. The molecule has 0 radical (unpaired) electrons. The number of aromatic nitrogens is 3. The van der Waals surface area contributed by atoms with Gasteiger partial charge < -0.3 is 9.47 Å². The van der Waals surface area contributed by atoms with Crippen LogP contribution >= 0.6 is 11.6 Å². The Morgan fingerprint density at radius 2 is 1.63 bits per heavy atom. The zero-order valence-corrected chi connectivity index (χ0v) is 19.0. The molecule has 2 aromatic heterocycles. The average Bonchev–Trinajstić information content (AvgIpc) is 3.18. The molecular formula is C22H17ClF6N4O2. The molecule has 1 aliphatic rings. The lowest BCUT2D eigenvalue weighted by atomic mass is 10.0. The van der Waals surface area contributed by atoms with Gasteiger partial charge in [-0.25, -0.2) is 4.98 Å². The molecule has 0 bridgehead atoms. The molecule has 1 amide bonds. The molecule has 6 nitrogen and oxygen atoms in total. The molecule has 35 heavy (non-hydrogen) atoms. The fourth-order valence-electron chi connectivity index (χ4n) is 3.98. The smallest absolute Gasteiger partial charge is 0.328 e. The lowest BCUT2D eigenvalue weighted by Gasteiger charge is -2.36. The van der Waals surface area contributed by atoms with Crippen molar-refractivity contribution in [3.63, 3.8) is 0 Å². The highest BCUT2D eigenvalue weighted by atomic mass is 35.5. The number of carbonyl (C=O) groups is 1. The van der Waals surface area contributed by atoms with Crippen molar-refractivity contribution >= 4 is 17.5 Å². The molecule has 3 heterocycles. The maximum absolute atomic E-state index is 13.2. The second-order valence-corrected chi connectivity index (χ2v) is 8.67. The number of amides is 1. The zero-order valence-electron chi connectivity index (χ0n) is 18.2. The first-order valence-corrected chi connectivity index (χ1v) is 10.6. The molecule has 1 aliphatic heterocycles. The lowest BCUT2D eigenvalue weighted by molar-refractivity contribution is -0.143. The van der Waals surface area contributed by atoms with Crippen LogP contribution in [0.5, 0.6) is 0 Å². The molecule has 3 aromatic rings. The van der Waals surface area contributed by atoms with Crippen LogP contribution in [0.15, 0.2) is 41.6 Å². The molecule has 0 unspecified atom stereocenters. The van der Waals surface area contributed by atoms with E-state index in [1.54, 1.807) is 13.1 Å². The zero-order chi connectivity index (χ0) is 25.9. The van der Waals surface area contributed by atoms with Crippen molar-refractivity contribution in [1.29, 1.82) is 0 Å². The van der Waals surface area contributed by atoms with E-state index in [1.807, 2.05) is 0 Å². The normalized spacial score (nSPS) is 16.5. The molecule has 1 aromatic carbocycles. The van der Waals surface area contributed by atoms with Crippen LogP contribution in [0.1, 0.15) is 39.8 Å². The summed E-state index contributed by atoms with van der Waals surface area (Å²) in [5.41, 5.74) is -3.27. The van der Waals surface area contributed by atoms with Gasteiger partial charge in [-0.15, -0.1) is 0 Å². The first-order chi connectivity index (χ1) is 16.2. The summed E-state index contributed by atoms with van der Waals surface area (Å²) in [6, 6.07) is 1.71. The van der Waals surface area contributed by atoms with Crippen LogP contribution in [0.2, 0.25) is 5.02 Å². The van der Waals surface area contributed by atoms with Crippen molar-refractivity contribution in [2.45, 2.75) is 45.3 Å². The molecule has 0 saturated heterocycles. The Hall–Kier alpha value is -3.28. The number of hydrogen-bond acceptors (Lipinski definition) is 3. The minimum atomic E-state index is -5.02. The van der Waals surface area contributed by atoms with E-state index in [1.165, 1.54) is 23.9 Å². The van der Waals surface area contributed by atoms with Gasteiger partial charge in [-0.05, 0) is 43.7 Å². The van der Waals surface area contributed by atoms with E-state index in [9.17, 15) is 35.9 Å². The number of alkyl halides is 6. The SMILES string of the molecule is Cc1cn(-c2cc(Cl)c3n(c2=O)C[C@@H](C)N(Cc2cc(C(F)(F)F)cc(C(F)(F)F)c2)C3=O)cn1. The fraction of sp³-hybridized carbons (Fsp3) is 0.318. The minimum absolute atomic E-state index is 0.0238. The Bertz CT molecular complexity index is 1340. The molecule has 0 aliphatic carbocycles. The second kappa shape index (κ2) is 8.43. The Morgan fingerprint density at radius 3 is 2.14 bits per heavy atom. The summed E-state index contributed by atoms with van der Waals surface area (Å²) >= 11 is 6.32. The van der Waals surface area contributed by atoms with Gasteiger partial charge in [-0.3, -0.25) is 14.2 Å². The van der Waals surface area contributed by atoms with Crippen molar-refractivity contribution < 1.29 is 31.1 Å². The molecular weight excluding hydrogens is 502 g/mol. The number of pyridine rings is 1. The van der Waals surface area contributed by atoms with Gasteiger partial charge in [0, 0.05) is 25.3 Å². The monoisotopic (exact) mass is 518 g/mol.